The second-order valence-corrected chi connectivity index (χ2v) is 7.10. The molecule has 1 aromatic carbocycles. The number of phosphoric acid groups is 1. The van der Waals surface area contributed by atoms with Crippen LogP contribution in [0.4, 0.5) is 4.39 Å². The number of aromatic amines is 1. The molecular weight excluding hydrogens is 386 g/mol. The first-order valence-corrected chi connectivity index (χ1v) is 9.29. The number of rotatable bonds is 5. The molecule has 1 aromatic heterocycles. The second kappa shape index (κ2) is 7.47. The Morgan fingerprint density at radius 1 is 1.26 bits per heavy atom. The normalized spacial score (nSPS) is 25.6. The van der Waals surface area contributed by atoms with Gasteiger partial charge in [0.25, 0.3) is 5.56 Å². The quantitative estimate of drug-likeness (QED) is 0.507. The van der Waals surface area contributed by atoms with E-state index in [-0.39, 0.29) is 5.56 Å². The van der Waals surface area contributed by atoms with Gasteiger partial charge < -0.3 is 19.6 Å². The molecule has 1 aliphatic rings. The molecule has 3 rings (SSSR count). The van der Waals surface area contributed by atoms with Gasteiger partial charge in [0.05, 0.1) is 12.2 Å². The van der Waals surface area contributed by atoms with Gasteiger partial charge in [-0.15, -0.1) is 0 Å². The van der Waals surface area contributed by atoms with Crippen molar-refractivity contribution in [1.29, 1.82) is 0 Å². The third-order valence-corrected chi connectivity index (χ3v) is 4.51. The maximum atomic E-state index is 14.5. The summed E-state index contributed by atoms with van der Waals surface area (Å²) in [6, 6.07) is 8.31. The minimum absolute atomic E-state index is 0.0791. The van der Waals surface area contributed by atoms with E-state index in [1.165, 1.54) is 0 Å². The largest absolute Gasteiger partial charge is 0.469 e. The number of ether oxygens (including phenoxy) is 1. The van der Waals surface area contributed by atoms with Crippen molar-refractivity contribution in [3.63, 3.8) is 0 Å². The zero-order valence-electron chi connectivity index (χ0n) is 13.6. The Morgan fingerprint density at radius 2 is 1.93 bits per heavy atom. The fraction of sp³-hybridized carbons (Fsp3) is 0.333. The van der Waals surface area contributed by atoms with Gasteiger partial charge in [-0.2, -0.15) is 0 Å². The topological polar surface area (TPSA) is 151 Å². The van der Waals surface area contributed by atoms with Gasteiger partial charge in [-0.1, -0.05) is 30.3 Å². The maximum Gasteiger partial charge on any atom is 0.469 e. The number of aromatic nitrogens is 2. The summed E-state index contributed by atoms with van der Waals surface area (Å²) in [6.45, 7) is -0.786. The van der Waals surface area contributed by atoms with Crippen molar-refractivity contribution in [3.8, 4) is 11.1 Å². The first-order chi connectivity index (χ1) is 12.7. The van der Waals surface area contributed by atoms with Crippen LogP contribution in [0.3, 0.4) is 0 Å². The first-order valence-electron chi connectivity index (χ1n) is 7.76. The van der Waals surface area contributed by atoms with E-state index in [0.29, 0.717) is 5.56 Å². The molecule has 1 aliphatic heterocycles. The van der Waals surface area contributed by atoms with Crippen molar-refractivity contribution < 1.29 is 33.1 Å². The average molecular weight is 402 g/mol. The minimum atomic E-state index is -4.85. The van der Waals surface area contributed by atoms with Crippen molar-refractivity contribution in [3.05, 3.63) is 57.4 Å². The van der Waals surface area contributed by atoms with Crippen molar-refractivity contribution in [2.75, 3.05) is 6.61 Å². The molecule has 1 saturated heterocycles. The lowest BCUT2D eigenvalue weighted by molar-refractivity contribution is -0.0482. The highest BCUT2D eigenvalue weighted by Crippen LogP contribution is 2.38. The number of hydrogen-bond donors (Lipinski definition) is 4. The summed E-state index contributed by atoms with van der Waals surface area (Å²) < 4.78 is 35.5. The Bertz CT molecular complexity index is 972. The van der Waals surface area contributed by atoms with Crippen molar-refractivity contribution in [2.24, 2.45) is 0 Å². The number of alkyl halides is 1. The highest BCUT2D eigenvalue weighted by atomic mass is 31.2. The molecule has 4 N–H and O–H groups in total. The highest BCUT2D eigenvalue weighted by molar-refractivity contribution is 7.46. The van der Waals surface area contributed by atoms with E-state index in [0.717, 1.165) is 10.8 Å². The van der Waals surface area contributed by atoms with Crippen LogP contribution in [0.2, 0.25) is 0 Å². The third kappa shape index (κ3) is 4.24. The molecule has 2 heterocycles. The predicted octanol–water partition coefficient (Wildman–Crippen LogP) is -0.0907. The number of hydrogen-bond acceptors (Lipinski definition) is 6. The molecule has 2 aromatic rings. The Kier molecular flexibility index (Phi) is 5.43. The number of nitrogens with zero attached hydrogens (tertiary/aromatic N) is 1. The van der Waals surface area contributed by atoms with Crippen LogP contribution in [0.1, 0.15) is 6.23 Å². The van der Waals surface area contributed by atoms with Gasteiger partial charge in [0, 0.05) is 6.20 Å². The van der Waals surface area contributed by atoms with Crippen molar-refractivity contribution in [2.45, 2.75) is 24.6 Å². The van der Waals surface area contributed by atoms with Gasteiger partial charge >= 0.3 is 13.5 Å². The van der Waals surface area contributed by atoms with E-state index in [1.807, 2.05) is 0 Å². The summed E-state index contributed by atoms with van der Waals surface area (Å²) in [7, 11) is -4.85. The minimum Gasteiger partial charge on any atom is -0.387 e. The zero-order chi connectivity index (χ0) is 19.8. The Labute approximate surface area is 151 Å². The molecule has 4 atom stereocenters. The standard InChI is InChI=1S/C15H16FN2O8P/c16-11-12(19)10(7-25-27(22,23)24)26-14(11)18-6-9(13(20)17-15(18)21)8-4-2-1-3-5-8/h1-6,10-12,14,19H,7H2,(H,17,20,21)(H2,22,23,24)/t10-,11+,12-,14-/m1/s1. The maximum absolute atomic E-state index is 14.5. The Morgan fingerprint density at radius 3 is 2.56 bits per heavy atom. The van der Waals surface area contributed by atoms with E-state index in [2.05, 4.69) is 9.51 Å². The molecule has 0 unspecified atom stereocenters. The van der Waals surface area contributed by atoms with Crippen molar-refractivity contribution in [1.82, 2.24) is 9.55 Å². The molecule has 27 heavy (non-hydrogen) atoms. The highest BCUT2D eigenvalue weighted by Gasteiger charge is 2.46. The molecule has 0 spiro atoms. The van der Waals surface area contributed by atoms with Crippen LogP contribution >= 0.6 is 7.82 Å². The number of aliphatic hydroxyl groups excluding tert-OH is 1. The van der Waals surface area contributed by atoms with E-state index in [4.69, 9.17) is 14.5 Å². The van der Waals surface area contributed by atoms with Crippen LogP contribution in [-0.4, -0.2) is 49.4 Å². The monoisotopic (exact) mass is 402 g/mol. The smallest absolute Gasteiger partial charge is 0.387 e. The lowest BCUT2D eigenvalue weighted by Gasteiger charge is -2.17. The second-order valence-electron chi connectivity index (χ2n) is 5.86. The van der Waals surface area contributed by atoms with Crippen LogP contribution in [0.25, 0.3) is 11.1 Å². The molecule has 10 nitrogen and oxygen atoms in total. The fourth-order valence-electron chi connectivity index (χ4n) is 2.73. The zero-order valence-corrected chi connectivity index (χ0v) is 14.5. The number of phosphoric ester groups is 1. The lowest BCUT2D eigenvalue weighted by Crippen LogP contribution is -2.36. The molecule has 0 radical (unpaired) electrons. The van der Waals surface area contributed by atoms with Gasteiger partial charge in [0.2, 0.25) is 0 Å². The van der Waals surface area contributed by atoms with Crippen LogP contribution in [0.15, 0.2) is 46.1 Å². The lowest BCUT2D eigenvalue weighted by atomic mass is 10.1. The van der Waals surface area contributed by atoms with E-state index < -0.39 is 50.3 Å². The molecule has 0 aliphatic carbocycles. The summed E-state index contributed by atoms with van der Waals surface area (Å²) in [5.41, 5.74) is -1.09. The summed E-state index contributed by atoms with van der Waals surface area (Å²) in [4.78, 5) is 43.7. The molecule has 0 saturated carbocycles. The van der Waals surface area contributed by atoms with Gasteiger partial charge in [0.1, 0.15) is 12.2 Å². The molecule has 12 heteroatoms. The number of nitrogens with one attached hydrogen (secondary N) is 1. The van der Waals surface area contributed by atoms with E-state index in [1.54, 1.807) is 30.3 Å². The number of benzene rings is 1. The van der Waals surface area contributed by atoms with Crippen LogP contribution in [-0.2, 0) is 13.8 Å². The molecule has 146 valence electrons. The van der Waals surface area contributed by atoms with E-state index >= 15 is 0 Å². The number of halogens is 1. The van der Waals surface area contributed by atoms with Crippen molar-refractivity contribution >= 4 is 7.82 Å². The van der Waals surface area contributed by atoms with Crippen LogP contribution in [0, 0.1) is 0 Å². The van der Waals surface area contributed by atoms with Gasteiger partial charge in [0.15, 0.2) is 12.4 Å². The first kappa shape index (κ1) is 19.6. The van der Waals surface area contributed by atoms with Crippen LogP contribution < -0.4 is 11.2 Å². The van der Waals surface area contributed by atoms with Gasteiger partial charge in [-0.25, -0.2) is 13.8 Å². The third-order valence-electron chi connectivity index (χ3n) is 4.03. The Balaban J connectivity index is 1.93. The van der Waals surface area contributed by atoms with Crippen LogP contribution in [0.5, 0.6) is 0 Å². The molecule has 1 fully saturated rings. The SMILES string of the molecule is O=c1[nH]c(=O)n([C@@H]2O[C@H](COP(=O)(O)O)[C@@H](O)[C@@H]2F)cc1-c1ccccc1. The summed E-state index contributed by atoms with van der Waals surface area (Å²) in [5.74, 6) is 0. The number of H-pyrrole nitrogens is 1. The molecular formula is C15H16FN2O8P. The summed E-state index contributed by atoms with van der Waals surface area (Å²) >= 11 is 0. The predicted molar refractivity (Wildman–Crippen MR) is 89.6 cm³/mol. The van der Waals surface area contributed by atoms with E-state index in [9.17, 15) is 23.7 Å². The summed E-state index contributed by atoms with van der Waals surface area (Å²) in [5, 5.41) is 9.90. The summed E-state index contributed by atoms with van der Waals surface area (Å²) in [6.07, 6.45) is -5.82. The fourth-order valence-corrected chi connectivity index (χ4v) is 3.07. The van der Waals surface area contributed by atoms with Gasteiger partial charge in [-0.05, 0) is 5.56 Å². The molecule has 0 bridgehead atoms. The Hall–Kier alpha value is -2.14. The molecule has 0 amide bonds. The van der Waals surface area contributed by atoms with Gasteiger partial charge in [-0.3, -0.25) is 18.9 Å². The number of aliphatic hydroxyl groups is 1. The average Bonchev–Trinajstić information content (AvgIpc) is 2.88.